The van der Waals surface area contributed by atoms with E-state index in [-0.39, 0.29) is 0 Å². The number of fused-ring (bicyclic) bond motifs is 2. The van der Waals surface area contributed by atoms with Gasteiger partial charge in [-0.1, -0.05) is 12.1 Å². The molecular formula is C24H26N6O2. The number of hydrogen-bond acceptors (Lipinski definition) is 7. The number of aromatic amines is 1. The summed E-state index contributed by atoms with van der Waals surface area (Å²) in [5, 5.41) is 6.59. The van der Waals surface area contributed by atoms with Crippen LogP contribution in [0.2, 0.25) is 0 Å². The van der Waals surface area contributed by atoms with Crippen molar-refractivity contribution in [2.75, 3.05) is 11.9 Å². The number of anilines is 1. The van der Waals surface area contributed by atoms with Crippen molar-refractivity contribution in [3.05, 3.63) is 75.4 Å². The lowest BCUT2D eigenvalue weighted by Crippen LogP contribution is -2.44. The number of hydrogen-bond donors (Lipinski definition) is 4. The standard InChI is InChI=1S/C24H26N6O2/c1-14-10-26-22(29-24(14,25)18-5-7-21-20(9-18)28-23(31)32-21)27-19-6-4-16-12-30(11-15-2-3-15)13-17(16)8-19/h4-10,15H,2-3,11-13,25H2,1H3,(H,28,31)(H2,26,27,29). The van der Waals surface area contributed by atoms with E-state index >= 15 is 0 Å². The molecule has 1 atom stereocenters. The van der Waals surface area contributed by atoms with Gasteiger partial charge in [-0.3, -0.25) is 15.6 Å². The molecule has 1 aromatic heterocycles. The molecule has 6 rings (SSSR count). The van der Waals surface area contributed by atoms with Gasteiger partial charge in [-0.05, 0) is 66.6 Å². The SMILES string of the molecule is CC1=CNC(Nc2ccc3c(c2)CN(CC2CC2)C3)=NC1(N)c1ccc2oc(=O)[nH]c2c1. The number of aromatic nitrogens is 1. The van der Waals surface area contributed by atoms with Gasteiger partial charge >= 0.3 is 5.76 Å². The van der Waals surface area contributed by atoms with Crippen LogP contribution in [-0.2, 0) is 18.8 Å². The lowest BCUT2D eigenvalue weighted by molar-refractivity contribution is 0.272. The number of nitrogens with two attached hydrogens (primary N) is 1. The van der Waals surface area contributed by atoms with Crippen molar-refractivity contribution in [1.29, 1.82) is 0 Å². The van der Waals surface area contributed by atoms with Gasteiger partial charge in [-0.2, -0.15) is 0 Å². The van der Waals surface area contributed by atoms with Crippen LogP contribution >= 0.6 is 0 Å². The minimum Gasteiger partial charge on any atom is -0.408 e. The molecule has 0 radical (unpaired) electrons. The zero-order chi connectivity index (χ0) is 21.9. The van der Waals surface area contributed by atoms with Gasteiger partial charge in [0, 0.05) is 37.1 Å². The number of benzene rings is 2. The summed E-state index contributed by atoms with van der Waals surface area (Å²) < 4.78 is 5.11. The Morgan fingerprint density at radius 2 is 2.06 bits per heavy atom. The normalized spacial score (nSPS) is 22.9. The van der Waals surface area contributed by atoms with Gasteiger partial charge in [0.15, 0.2) is 11.2 Å². The molecule has 0 spiro atoms. The van der Waals surface area contributed by atoms with Crippen molar-refractivity contribution in [1.82, 2.24) is 15.2 Å². The highest BCUT2D eigenvalue weighted by molar-refractivity contribution is 5.95. The van der Waals surface area contributed by atoms with Crippen molar-refractivity contribution in [3.63, 3.8) is 0 Å². The Hall–Kier alpha value is -3.36. The topological polar surface area (TPSA) is 112 Å². The summed E-state index contributed by atoms with van der Waals surface area (Å²) in [5.74, 6) is 0.986. The molecule has 1 saturated carbocycles. The van der Waals surface area contributed by atoms with E-state index in [0.29, 0.717) is 17.1 Å². The van der Waals surface area contributed by atoms with Gasteiger partial charge < -0.3 is 15.1 Å². The van der Waals surface area contributed by atoms with E-state index in [1.165, 1.54) is 30.5 Å². The van der Waals surface area contributed by atoms with Crippen LogP contribution in [0.15, 0.2) is 62.4 Å². The van der Waals surface area contributed by atoms with Crippen LogP contribution in [0.1, 0.15) is 36.5 Å². The molecule has 3 aliphatic rings. The Balaban J connectivity index is 1.25. The molecule has 1 fully saturated rings. The quantitative estimate of drug-likeness (QED) is 0.506. The van der Waals surface area contributed by atoms with E-state index in [0.717, 1.165) is 35.8 Å². The highest BCUT2D eigenvalue weighted by atomic mass is 16.4. The first-order chi connectivity index (χ1) is 15.5. The Labute approximate surface area is 185 Å². The minimum absolute atomic E-state index is 0.487. The fourth-order valence-corrected chi connectivity index (χ4v) is 4.60. The van der Waals surface area contributed by atoms with Crippen LogP contribution in [0.5, 0.6) is 0 Å². The van der Waals surface area contributed by atoms with Gasteiger partial charge in [0.05, 0.1) is 5.52 Å². The number of nitrogens with one attached hydrogen (secondary N) is 3. The smallest absolute Gasteiger partial charge is 0.408 e. The number of guanidine groups is 1. The van der Waals surface area contributed by atoms with E-state index < -0.39 is 11.4 Å². The van der Waals surface area contributed by atoms with Crippen molar-refractivity contribution < 1.29 is 4.42 Å². The molecular weight excluding hydrogens is 404 g/mol. The third-order valence-corrected chi connectivity index (χ3v) is 6.64. The van der Waals surface area contributed by atoms with Gasteiger partial charge in [0.2, 0.25) is 5.96 Å². The summed E-state index contributed by atoms with van der Waals surface area (Å²) in [7, 11) is 0. The van der Waals surface area contributed by atoms with Crippen molar-refractivity contribution in [2.45, 2.75) is 38.5 Å². The van der Waals surface area contributed by atoms with Gasteiger partial charge in [-0.25, -0.2) is 9.79 Å². The molecule has 1 aliphatic carbocycles. The first kappa shape index (κ1) is 19.3. The predicted molar refractivity (Wildman–Crippen MR) is 124 cm³/mol. The van der Waals surface area contributed by atoms with Gasteiger partial charge in [0.1, 0.15) is 0 Å². The predicted octanol–water partition coefficient (Wildman–Crippen LogP) is 2.93. The van der Waals surface area contributed by atoms with E-state index in [9.17, 15) is 4.79 Å². The zero-order valence-electron chi connectivity index (χ0n) is 17.9. The Morgan fingerprint density at radius 3 is 2.91 bits per heavy atom. The van der Waals surface area contributed by atoms with Crippen molar-refractivity contribution >= 4 is 22.7 Å². The Morgan fingerprint density at radius 1 is 1.22 bits per heavy atom. The second-order valence-corrected chi connectivity index (χ2v) is 9.15. The first-order valence-electron chi connectivity index (χ1n) is 11.0. The number of nitrogens with zero attached hydrogens (tertiary/aromatic N) is 2. The molecule has 164 valence electrons. The third-order valence-electron chi connectivity index (χ3n) is 6.64. The summed E-state index contributed by atoms with van der Waals surface area (Å²) >= 11 is 0. The van der Waals surface area contributed by atoms with E-state index in [1.807, 2.05) is 25.3 Å². The van der Waals surface area contributed by atoms with Crippen LogP contribution in [0, 0.1) is 5.92 Å². The second-order valence-electron chi connectivity index (χ2n) is 9.15. The Bertz CT molecular complexity index is 1330. The maximum atomic E-state index is 11.5. The molecule has 2 aliphatic heterocycles. The van der Waals surface area contributed by atoms with Crippen molar-refractivity contribution in [3.8, 4) is 0 Å². The molecule has 0 saturated heterocycles. The van der Waals surface area contributed by atoms with Gasteiger partial charge in [-0.15, -0.1) is 0 Å². The van der Waals surface area contributed by atoms with Crippen LogP contribution in [-0.4, -0.2) is 22.4 Å². The maximum Gasteiger partial charge on any atom is 0.417 e. The average Bonchev–Trinajstić information content (AvgIpc) is 3.35. The molecule has 3 aromatic rings. The van der Waals surface area contributed by atoms with Crippen LogP contribution in [0.3, 0.4) is 0 Å². The molecule has 2 aromatic carbocycles. The monoisotopic (exact) mass is 430 g/mol. The zero-order valence-corrected chi connectivity index (χ0v) is 17.9. The van der Waals surface area contributed by atoms with Gasteiger partial charge in [0.25, 0.3) is 0 Å². The van der Waals surface area contributed by atoms with Crippen LogP contribution in [0.4, 0.5) is 5.69 Å². The molecule has 1 unspecified atom stereocenters. The highest BCUT2D eigenvalue weighted by Gasteiger charge is 2.33. The number of oxazole rings is 1. The lowest BCUT2D eigenvalue weighted by Gasteiger charge is -2.31. The molecule has 3 heterocycles. The number of aliphatic imine (C=N–C) groups is 1. The van der Waals surface area contributed by atoms with Crippen LogP contribution in [0.25, 0.3) is 11.1 Å². The summed E-state index contributed by atoms with van der Waals surface area (Å²) in [6, 6.07) is 11.9. The summed E-state index contributed by atoms with van der Waals surface area (Å²) in [5.41, 5.74) is 12.2. The third kappa shape index (κ3) is 3.41. The fourth-order valence-electron chi connectivity index (χ4n) is 4.60. The molecule has 0 amide bonds. The molecule has 32 heavy (non-hydrogen) atoms. The maximum absolute atomic E-state index is 11.5. The highest BCUT2D eigenvalue weighted by Crippen LogP contribution is 2.34. The molecule has 8 heteroatoms. The van der Waals surface area contributed by atoms with E-state index in [1.54, 1.807) is 6.07 Å². The second kappa shape index (κ2) is 7.08. The first-order valence-corrected chi connectivity index (χ1v) is 11.0. The summed E-state index contributed by atoms with van der Waals surface area (Å²) in [6.07, 6.45) is 4.62. The average molecular weight is 431 g/mol. The van der Waals surface area contributed by atoms with Crippen LogP contribution < -0.4 is 22.1 Å². The number of H-pyrrole nitrogens is 1. The molecule has 5 N–H and O–H groups in total. The fraction of sp³-hybridized carbons (Fsp3) is 0.333. The minimum atomic E-state index is -1.06. The van der Waals surface area contributed by atoms with E-state index in [4.69, 9.17) is 15.1 Å². The lowest BCUT2D eigenvalue weighted by atomic mass is 9.93. The Kier molecular flexibility index (Phi) is 4.28. The summed E-state index contributed by atoms with van der Waals surface area (Å²) in [6.45, 7) is 5.18. The largest absolute Gasteiger partial charge is 0.417 e. The number of rotatable bonds is 4. The molecule has 8 nitrogen and oxygen atoms in total. The molecule has 0 bridgehead atoms. The van der Waals surface area contributed by atoms with Crippen molar-refractivity contribution in [2.24, 2.45) is 16.6 Å². The summed E-state index contributed by atoms with van der Waals surface area (Å²) in [4.78, 5) is 21.5. The van der Waals surface area contributed by atoms with E-state index in [2.05, 4.69) is 38.7 Å².